The van der Waals surface area contributed by atoms with Crippen LogP contribution in [0, 0.1) is 5.82 Å². The lowest BCUT2D eigenvalue weighted by Gasteiger charge is -2.25. The molecule has 0 amide bonds. The van der Waals surface area contributed by atoms with E-state index >= 15 is 0 Å². The van der Waals surface area contributed by atoms with Gasteiger partial charge in [0.25, 0.3) is 0 Å². The SMILES string of the molecule is C=C(NC)/C(=C\C(=C/C)c1cnn(C2CCCS(=C)(=O)C2)c1)OCc1c(P)ccc(F)c1Cl. The molecule has 1 aromatic carbocycles. The van der Waals surface area contributed by atoms with Crippen LogP contribution in [0.4, 0.5) is 4.39 Å². The molecule has 1 saturated heterocycles. The zero-order valence-corrected chi connectivity index (χ0v) is 21.7. The van der Waals surface area contributed by atoms with Crippen molar-refractivity contribution in [1.82, 2.24) is 15.1 Å². The standard InChI is InChI=1S/C24H30ClFN3O2PS/c1-5-17(18-12-28-29(13-18)19-7-6-10-33(4,30)15-19)11-22(16(2)27-3)31-14-20-23(32)9-8-21(26)24(20)25/h5,8-9,11-13,19,27H,2,4,6-7,10,14-15,32H2,1,3H3/b17-5+,22-11+. The second kappa shape index (κ2) is 10.9. The highest BCUT2D eigenvalue weighted by Gasteiger charge is 2.23. The normalized spacial score (nSPS) is 21.7. The lowest BCUT2D eigenvalue weighted by molar-refractivity contribution is 0.205. The van der Waals surface area contributed by atoms with Gasteiger partial charge in [-0.25, -0.2) is 4.39 Å². The molecule has 1 aliphatic heterocycles. The Balaban J connectivity index is 1.84. The van der Waals surface area contributed by atoms with Crippen LogP contribution < -0.4 is 10.6 Å². The lowest BCUT2D eigenvalue weighted by atomic mass is 10.1. The van der Waals surface area contributed by atoms with Crippen LogP contribution in [0.5, 0.6) is 0 Å². The average Bonchev–Trinajstić information content (AvgIpc) is 3.27. The van der Waals surface area contributed by atoms with Gasteiger partial charge in [0.05, 0.1) is 23.0 Å². The van der Waals surface area contributed by atoms with Gasteiger partial charge in [0.2, 0.25) is 0 Å². The lowest BCUT2D eigenvalue weighted by Crippen LogP contribution is -2.27. The van der Waals surface area contributed by atoms with Crippen LogP contribution in [0.15, 0.2) is 54.7 Å². The molecular formula is C24H30ClFN3O2PS. The predicted molar refractivity (Wildman–Crippen MR) is 141 cm³/mol. The highest BCUT2D eigenvalue weighted by molar-refractivity contribution is 8.00. The molecule has 9 heteroatoms. The van der Waals surface area contributed by atoms with E-state index in [-0.39, 0.29) is 17.7 Å². The first-order chi connectivity index (χ1) is 15.6. The molecule has 1 aromatic heterocycles. The molecule has 3 unspecified atom stereocenters. The van der Waals surface area contributed by atoms with Gasteiger partial charge in [0, 0.05) is 35.9 Å². The molecule has 2 aromatic rings. The fourth-order valence-electron chi connectivity index (χ4n) is 3.71. The van der Waals surface area contributed by atoms with Crippen molar-refractivity contribution in [2.75, 3.05) is 18.6 Å². The van der Waals surface area contributed by atoms with Gasteiger partial charge in [-0.15, -0.1) is 9.24 Å². The molecule has 0 aliphatic carbocycles. The van der Waals surface area contributed by atoms with Crippen molar-refractivity contribution < 1.29 is 13.3 Å². The van der Waals surface area contributed by atoms with Gasteiger partial charge in [-0.2, -0.15) is 5.10 Å². The Morgan fingerprint density at radius 3 is 2.94 bits per heavy atom. The number of halogens is 2. The number of hydrogen-bond donors (Lipinski definition) is 1. The van der Waals surface area contributed by atoms with E-state index in [1.807, 2.05) is 30.0 Å². The van der Waals surface area contributed by atoms with Crippen molar-refractivity contribution in [3.63, 3.8) is 0 Å². The summed E-state index contributed by atoms with van der Waals surface area (Å²) in [4.78, 5) is 0. The number of likely N-dealkylation sites (N-methyl/N-ethyl adjacent to an activating group) is 1. The van der Waals surface area contributed by atoms with Gasteiger partial charge in [0.1, 0.15) is 18.2 Å². The first-order valence-electron chi connectivity index (χ1n) is 10.6. The van der Waals surface area contributed by atoms with Crippen LogP contribution in [0.1, 0.15) is 36.9 Å². The summed E-state index contributed by atoms with van der Waals surface area (Å²) in [7, 11) is 2.26. The van der Waals surface area contributed by atoms with Gasteiger partial charge in [-0.05, 0) is 58.2 Å². The Morgan fingerprint density at radius 2 is 2.27 bits per heavy atom. The van der Waals surface area contributed by atoms with Gasteiger partial charge < -0.3 is 10.1 Å². The summed E-state index contributed by atoms with van der Waals surface area (Å²) in [6.45, 7) is 6.03. The molecule has 33 heavy (non-hydrogen) atoms. The van der Waals surface area contributed by atoms with E-state index in [2.05, 4.69) is 32.1 Å². The van der Waals surface area contributed by atoms with E-state index in [1.54, 1.807) is 19.3 Å². The quantitative estimate of drug-likeness (QED) is 0.247. The number of benzene rings is 1. The number of ether oxygens (including phenoxy) is 1. The molecule has 2 heterocycles. The van der Waals surface area contributed by atoms with Crippen molar-refractivity contribution in [3.8, 4) is 0 Å². The third kappa shape index (κ3) is 6.28. The topological polar surface area (TPSA) is 56.2 Å². The first kappa shape index (κ1) is 25.5. The van der Waals surface area contributed by atoms with Crippen molar-refractivity contribution in [2.24, 2.45) is 0 Å². The largest absolute Gasteiger partial charge is 0.487 e. The fraction of sp³-hybridized carbons (Fsp3) is 0.333. The van der Waals surface area contributed by atoms with E-state index < -0.39 is 15.3 Å². The molecule has 178 valence electrons. The second-order valence-electron chi connectivity index (χ2n) is 8.04. The van der Waals surface area contributed by atoms with Gasteiger partial charge in [-0.1, -0.05) is 30.3 Å². The van der Waals surface area contributed by atoms with Crippen molar-refractivity contribution in [1.29, 1.82) is 0 Å². The summed E-state index contributed by atoms with van der Waals surface area (Å²) in [5.41, 5.74) is 2.92. The smallest absolute Gasteiger partial charge is 0.142 e. The third-order valence-electron chi connectivity index (χ3n) is 5.66. The Kier molecular flexibility index (Phi) is 8.43. The minimum absolute atomic E-state index is 0.0407. The van der Waals surface area contributed by atoms with Gasteiger partial charge in [-0.3, -0.25) is 8.89 Å². The van der Waals surface area contributed by atoms with Crippen molar-refractivity contribution in [3.05, 3.63) is 76.7 Å². The van der Waals surface area contributed by atoms with E-state index in [4.69, 9.17) is 16.3 Å². The summed E-state index contributed by atoms with van der Waals surface area (Å²) in [5, 5.41) is 8.33. The minimum Gasteiger partial charge on any atom is -0.487 e. The Morgan fingerprint density at radius 1 is 1.52 bits per heavy atom. The molecule has 1 fully saturated rings. The van der Waals surface area contributed by atoms with E-state index in [0.29, 0.717) is 28.5 Å². The molecule has 5 nitrogen and oxygen atoms in total. The molecule has 0 spiro atoms. The molecule has 0 bridgehead atoms. The minimum atomic E-state index is -2.04. The molecule has 3 rings (SSSR count). The van der Waals surface area contributed by atoms with Crippen LogP contribution in [0.25, 0.3) is 5.57 Å². The number of aromatic nitrogens is 2. The highest BCUT2D eigenvalue weighted by Crippen LogP contribution is 2.27. The Labute approximate surface area is 203 Å². The van der Waals surface area contributed by atoms with Crippen molar-refractivity contribution in [2.45, 2.75) is 32.4 Å². The van der Waals surface area contributed by atoms with Crippen molar-refractivity contribution >= 4 is 47.1 Å². The Hall–Kier alpha value is -2.08. The highest BCUT2D eigenvalue weighted by atomic mass is 35.5. The van der Waals surface area contributed by atoms with Gasteiger partial charge >= 0.3 is 0 Å². The second-order valence-corrected chi connectivity index (χ2v) is 11.7. The molecular weight excluding hydrogens is 480 g/mol. The zero-order chi connectivity index (χ0) is 24.2. The maximum atomic E-state index is 13.9. The first-order valence-corrected chi connectivity index (χ1v) is 13.6. The van der Waals surface area contributed by atoms with E-state index in [1.165, 1.54) is 6.07 Å². The number of nitrogens with one attached hydrogen (secondary N) is 1. The number of nitrogens with zero attached hydrogens (tertiary/aromatic N) is 2. The maximum Gasteiger partial charge on any atom is 0.142 e. The fourth-order valence-corrected chi connectivity index (χ4v) is 6.23. The molecule has 1 aliphatic rings. The number of allylic oxidation sites excluding steroid dienone is 3. The summed E-state index contributed by atoms with van der Waals surface area (Å²) in [6, 6.07) is 3.05. The monoisotopic (exact) mass is 509 g/mol. The van der Waals surface area contributed by atoms with E-state index in [0.717, 1.165) is 29.3 Å². The summed E-state index contributed by atoms with van der Waals surface area (Å²) in [5.74, 6) is 5.13. The summed E-state index contributed by atoms with van der Waals surface area (Å²) in [6.07, 6.45) is 9.39. The number of hydrogen-bond acceptors (Lipinski definition) is 4. The summed E-state index contributed by atoms with van der Waals surface area (Å²) >= 11 is 6.15. The number of rotatable bonds is 8. The van der Waals surface area contributed by atoms with Gasteiger partial charge in [0.15, 0.2) is 0 Å². The zero-order valence-electron chi connectivity index (χ0n) is 18.9. The van der Waals surface area contributed by atoms with Crippen LogP contribution in [-0.2, 0) is 20.9 Å². The molecule has 0 saturated carbocycles. The molecule has 0 radical (unpaired) electrons. The maximum absolute atomic E-state index is 13.9. The van der Waals surface area contributed by atoms with E-state index in [9.17, 15) is 8.60 Å². The van der Waals surface area contributed by atoms with Crippen LogP contribution in [0.2, 0.25) is 5.02 Å². The van der Waals surface area contributed by atoms with Crippen LogP contribution >= 0.6 is 20.8 Å². The third-order valence-corrected chi connectivity index (χ3v) is 8.63. The average molecular weight is 510 g/mol. The molecule has 3 atom stereocenters. The Bertz CT molecular complexity index is 1200. The molecule has 1 N–H and O–H groups in total. The van der Waals surface area contributed by atoms with Crippen LogP contribution in [0.3, 0.4) is 0 Å². The summed E-state index contributed by atoms with van der Waals surface area (Å²) < 4.78 is 34.3. The van der Waals surface area contributed by atoms with Crippen LogP contribution in [-0.4, -0.2) is 38.4 Å². The predicted octanol–water partition coefficient (Wildman–Crippen LogP) is 4.46.